The van der Waals surface area contributed by atoms with Gasteiger partial charge in [0.15, 0.2) is 0 Å². The van der Waals surface area contributed by atoms with E-state index in [-0.39, 0.29) is 0 Å². The molecule has 2 aliphatic rings. The van der Waals surface area contributed by atoms with E-state index in [9.17, 15) is 0 Å². The van der Waals surface area contributed by atoms with Crippen molar-refractivity contribution in [2.24, 2.45) is 0 Å². The van der Waals surface area contributed by atoms with Crippen LogP contribution < -0.4 is 0 Å². The summed E-state index contributed by atoms with van der Waals surface area (Å²) in [5, 5.41) is 1.20. The molecule has 0 spiro atoms. The predicted molar refractivity (Wildman–Crippen MR) is 87.5 cm³/mol. The number of pyridine rings is 1. The lowest BCUT2D eigenvalue weighted by Gasteiger charge is -2.23. The molecule has 1 aliphatic carbocycles. The van der Waals surface area contributed by atoms with E-state index < -0.39 is 0 Å². The Bertz CT molecular complexity index is 840. The third-order valence-electron chi connectivity index (χ3n) is 3.83. The highest BCUT2D eigenvalue weighted by Gasteiger charge is 2.26. The maximum absolute atomic E-state index is 4.74. The van der Waals surface area contributed by atoms with E-state index in [0.717, 1.165) is 28.8 Å². The fourth-order valence-electron chi connectivity index (χ4n) is 2.86. The van der Waals surface area contributed by atoms with E-state index in [0.29, 0.717) is 0 Å². The van der Waals surface area contributed by atoms with E-state index in [1.54, 1.807) is 0 Å². The van der Waals surface area contributed by atoms with Crippen LogP contribution in [0.4, 0.5) is 0 Å². The smallest absolute Gasteiger partial charge is 0.0721 e. The van der Waals surface area contributed by atoms with Gasteiger partial charge in [-0.15, -0.1) is 0 Å². The number of nitrogens with zero attached hydrogens (tertiary/aromatic N) is 1. The first-order valence-electron chi connectivity index (χ1n) is 6.62. The number of fused-ring (bicyclic) bond motifs is 3. The average molecular weight is 275 g/mol. The second-order valence-corrected chi connectivity index (χ2v) is 6.00. The fourth-order valence-corrected chi connectivity index (χ4v) is 4.18. The van der Waals surface area contributed by atoms with E-state index in [1.165, 1.54) is 20.8 Å². The van der Waals surface area contributed by atoms with Gasteiger partial charge in [-0.2, -0.15) is 0 Å². The standard InChI is InChI=1S/C18H13NS/c1-3-14-17-11(2)12-8-6-10-16(12)20-18(17)13-7-4-5-9-15(13)19-14/h3-7,9-10H,1-2,8H2. The molecule has 20 heavy (non-hydrogen) atoms. The van der Waals surface area contributed by atoms with Crippen molar-refractivity contribution in [1.82, 2.24) is 4.98 Å². The molecule has 0 unspecified atom stereocenters. The minimum atomic E-state index is 0.939. The molecule has 1 aromatic carbocycles. The molecule has 0 bridgehead atoms. The molecule has 1 aromatic heterocycles. The van der Waals surface area contributed by atoms with Crippen LogP contribution in [0.1, 0.15) is 17.7 Å². The molecule has 1 nitrogen and oxygen atoms in total. The zero-order chi connectivity index (χ0) is 13.7. The minimum absolute atomic E-state index is 0.939. The third-order valence-corrected chi connectivity index (χ3v) is 5.06. The summed E-state index contributed by atoms with van der Waals surface area (Å²) in [7, 11) is 0. The first-order chi connectivity index (χ1) is 9.79. The van der Waals surface area contributed by atoms with Crippen LogP contribution in [-0.4, -0.2) is 4.98 Å². The zero-order valence-electron chi connectivity index (χ0n) is 11.0. The number of aromatic nitrogens is 1. The number of thioether (sulfide) groups is 1. The van der Waals surface area contributed by atoms with Gasteiger partial charge in [0.1, 0.15) is 0 Å². The Labute approximate surface area is 122 Å². The maximum atomic E-state index is 4.74. The Kier molecular flexibility index (Phi) is 2.48. The molecule has 0 radical (unpaired) electrons. The molecule has 0 N–H and O–H groups in total. The lowest BCUT2D eigenvalue weighted by molar-refractivity contribution is 1.25. The van der Waals surface area contributed by atoms with Crippen molar-refractivity contribution in [1.29, 1.82) is 0 Å². The zero-order valence-corrected chi connectivity index (χ0v) is 11.8. The van der Waals surface area contributed by atoms with E-state index >= 15 is 0 Å². The summed E-state index contributed by atoms with van der Waals surface area (Å²) in [4.78, 5) is 7.33. The van der Waals surface area contributed by atoms with Gasteiger partial charge < -0.3 is 0 Å². The largest absolute Gasteiger partial charge is 0.248 e. The van der Waals surface area contributed by atoms with Crippen LogP contribution >= 0.6 is 11.8 Å². The number of hydrogen-bond acceptors (Lipinski definition) is 2. The van der Waals surface area contributed by atoms with Crippen LogP contribution in [0.25, 0.3) is 22.6 Å². The lowest BCUT2D eigenvalue weighted by Crippen LogP contribution is -2.03. The van der Waals surface area contributed by atoms with Crippen molar-refractivity contribution in [3.63, 3.8) is 0 Å². The summed E-state index contributed by atoms with van der Waals surface area (Å²) in [6.07, 6.45) is 7.23. The molecule has 0 atom stereocenters. The molecular weight excluding hydrogens is 262 g/mol. The van der Waals surface area contributed by atoms with Gasteiger partial charge in [0.2, 0.25) is 0 Å². The number of allylic oxidation sites excluding steroid dienone is 4. The van der Waals surface area contributed by atoms with Crippen molar-refractivity contribution in [2.75, 3.05) is 0 Å². The monoisotopic (exact) mass is 275 g/mol. The van der Waals surface area contributed by atoms with E-state index in [2.05, 4.69) is 43.5 Å². The van der Waals surface area contributed by atoms with Crippen molar-refractivity contribution in [3.05, 3.63) is 71.3 Å². The normalized spacial score (nSPS) is 16.5. The fraction of sp³-hybridized carbons (Fsp3) is 0.0556. The lowest BCUT2D eigenvalue weighted by atomic mass is 9.95. The highest BCUT2D eigenvalue weighted by atomic mass is 32.2. The van der Waals surface area contributed by atoms with E-state index in [4.69, 9.17) is 4.98 Å². The van der Waals surface area contributed by atoms with Crippen LogP contribution in [-0.2, 0) is 0 Å². The van der Waals surface area contributed by atoms with Gasteiger partial charge in [0.25, 0.3) is 0 Å². The highest BCUT2D eigenvalue weighted by molar-refractivity contribution is 8.03. The van der Waals surface area contributed by atoms with Crippen LogP contribution in [0, 0.1) is 0 Å². The van der Waals surface area contributed by atoms with Gasteiger partial charge in [0.05, 0.1) is 11.2 Å². The van der Waals surface area contributed by atoms with Crippen LogP contribution in [0.3, 0.4) is 0 Å². The van der Waals surface area contributed by atoms with Crippen molar-refractivity contribution >= 4 is 34.3 Å². The van der Waals surface area contributed by atoms with Crippen molar-refractivity contribution in [3.8, 4) is 0 Å². The van der Waals surface area contributed by atoms with Gasteiger partial charge in [-0.05, 0) is 29.7 Å². The first-order valence-corrected chi connectivity index (χ1v) is 7.43. The third kappa shape index (κ3) is 1.49. The Morgan fingerprint density at radius 1 is 1.25 bits per heavy atom. The molecule has 0 fully saturated rings. The van der Waals surface area contributed by atoms with E-state index in [1.807, 2.05) is 23.9 Å². The van der Waals surface area contributed by atoms with Gasteiger partial charge in [0, 0.05) is 20.8 Å². The molecule has 2 aromatic rings. The van der Waals surface area contributed by atoms with Crippen LogP contribution in [0.15, 0.2) is 64.9 Å². The number of para-hydroxylation sites is 1. The Hall–Kier alpha value is -2.06. The first kappa shape index (κ1) is 11.7. The number of rotatable bonds is 1. The summed E-state index contributed by atoms with van der Waals surface area (Å²) in [6, 6.07) is 8.28. The van der Waals surface area contributed by atoms with Gasteiger partial charge in [-0.25, -0.2) is 4.98 Å². The average Bonchev–Trinajstić information content (AvgIpc) is 2.95. The van der Waals surface area contributed by atoms with Crippen LogP contribution in [0.2, 0.25) is 0 Å². The van der Waals surface area contributed by atoms with Crippen molar-refractivity contribution in [2.45, 2.75) is 11.3 Å². The number of hydrogen-bond donors (Lipinski definition) is 0. The molecule has 4 rings (SSSR count). The quantitative estimate of drug-likeness (QED) is 0.708. The summed E-state index contributed by atoms with van der Waals surface area (Å²) in [5.41, 5.74) is 5.56. The van der Waals surface area contributed by atoms with Crippen LogP contribution in [0.5, 0.6) is 0 Å². The maximum Gasteiger partial charge on any atom is 0.0721 e. The Morgan fingerprint density at radius 2 is 2.10 bits per heavy atom. The molecule has 0 saturated heterocycles. The Morgan fingerprint density at radius 3 is 2.95 bits per heavy atom. The molecule has 96 valence electrons. The van der Waals surface area contributed by atoms with Gasteiger partial charge in [-0.1, -0.05) is 55.3 Å². The second-order valence-electron chi connectivity index (χ2n) is 4.95. The summed E-state index contributed by atoms with van der Waals surface area (Å²) >= 11 is 1.83. The molecule has 1 aliphatic heterocycles. The number of benzene rings is 1. The molecule has 2 heterocycles. The summed E-state index contributed by atoms with van der Waals surface area (Å²) in [6.45, 7) is 8.24. The predicted octanol–water partition coefficient (Wildman–Crippen LogP) is 5.21. The summed E-state index contributed by atoms with van der Waals surface area (Å²) in [5.74, 6) is 0. The molecule has 0 saturated carbocycles. The van der Waals surface area contributed by atoms with Crippen molar-refractivity contribution < 1.29 is 0 Å². The van der Waals surface area contributed by atoms with Gasteiger partial charge >= 0.3 is 0 Å². The topological polar surface area (TPSA) is 12.9 Å². The Balaban J connectivity index is 2.10. The molecular formula is C18H13NS. The second kappa shape index (κ2) is 4.22. The highest BCUT2D eigenvalue weighted by Crippen LogP contribution is 2.50. The SMILES string of the molecule is C=Cc1nc2ccccc2c2c1C(=C)C1=C(C=CC1)S2. The minimum Gasteiger partial charge on any atom is -0.248 e. The molecule has 0 amide bonds. The summed E-state index contributed by atoms with van der Waals surface area (Å²) < 4.78 is 0. The molecule has 2 heteroatoms. The van der Waals surface area contributed by atoms with Gasteiger partial charge in [-0.3, -0.25) is 0 Å².